The summed E-state index contributed by atoms with van der Waals surface area (Å²) in [4.78, 5) is 30.6. The molecular formula is C19H21N3O2. The van der Waals surface area contributed by atoms with Crippen LogP contribution in [0.1, 0.15) is 28.8 Å². The highest BCUT2D eigenvalue weighted by molar-refractivity contribution is 5.94. The Morgan fingerprint density at radius 2 is 2.00 bits per heavy atom. The lowest BCUT2D eigenvalue weighted by Crippen LogP contribution is -2.49. The Balaban J connectivity index is 1.55. The summed E-state index contributed by atoms with van der Waals surface area (Å²) in [7, 11) is 0. The third-order valence-electron chi connectivity index (χ3n) is 4.18. The fourth-order valence-corrected chi connectivity index (χ4v) is 3.01. The van der Waals surface area contributed by atoms with Gasteiger partial charge in [-0.15, -0.1) is 0 Å². The Morgan fingerprint density at radius 3 is 2.75 bits per heavy atom. The van der Waals surface area contributed by atoms with Gasteiger partial charge >= 0.3 is 0 Å². The number of hydrogen-bond acceptors (Lipinski definition) is 3. The fourth-order valence-electron chi connectivity index (χ4n) is 3.01. The van der Waals surface area contributed by atoms with Crippen molar-refractivity contribution in [3.05, 3.63) is 66.0 Å². The number of amides is 2. The smallest absolute Gasteiger partial charge is 0.253 e. The summed E-state index contributed by atoms with van der Waals surface area (Å²) in [6, 6.07) is 13.0. The second-order valence-electron chi connectivity index (χ2n) is 6.06. The van der Waals surface area contributed by atoms with Crippen LogP contribution in [0.4, 0.5) is 0 Å². The van der Waals surface area contributed by atoms with Crippen LogP contribution < -0.4 is 5.32 Å². The number of benzene rings is 1. The third kappa shape index (κ3) is 4.19. The maximum atomic E-state index is 12.5. The maximum Gasteiger partial charge on any atom is 0.253 e. The highest BCUT2D eigenvalue weighted by Crippen LogP contribution is 2.14. The van der Waals surface area contributed by atoms with Crippen LogP contribution in [0.15, 0.2) is 54.9 Å². The Kier molecular flexibility index (Phi) is 5.21. The Bertz CT molecular complexity index is 688. The largest absolute Gasteiger partial charge is 0.351 e. The van der Waals surface area contributed by atoms with Crippen molar-refractivity contribution in [2.75, 3.05) is 13.1 Å². The molecular weight excluding hydrogens is 302 g/mol. The van der Waals surface area contributed by atoms with Crippen molar-refractivity contribution in [2.24, 2.45) is 0 Å². The van der Waals surface area contributed by atoms with Crippen LogP contribution in [-0.2, 0) is 11.2 Å². The van der Waals surface area contributed by atoms with Crippen LogP contribution in [0.2, 0.25) is 0 Å². The molecule has 2 aromatic rings. The minimum Gasteiger partial charge on any atom is -0.351 e. The predicted molar refractivity (Wildman–Crippen MR) is 91.5 cm³/mol. The van der Waals surface area contributed by atoms with Crippen molar-refractivity contribution < 1.29 is 9.59 Å². The van der Waals surface area contributed by atoms with Gasteiger partial charge in [0.25, 0.3) is 5.91 Å². The topological polar surface area (TPSA) is 62.3 Å². The predicted octanol–water partition coefficient (Wildman–Crippen LogP) is 2.05. The van der Waals surface area contributed by atoms with E-state index in [4.69, 9.17) is 0 Å². The van der Waals surface area contributed by atoms with Gasteiger partial charge in [-0.2, -0.15) is 0 Å². The monoisotopic (exact) mass is 323 g/mol. The third-order valence-corrected chi connectivity index (χ3v) is 4.18. The lowest BCUT2D eigenvalue weighted by molar-refractivity contribution is -0.121. The Labute approximate surface area is 141 Å². The molecule has 1 aliphatic rings. The van der Waals surface area contributed by atoms with Crippen LogP contribution in [0.5, 0.6) is 0 Å². The van der Waals surface area contributed by atoms with Gasteiger partial charge < -0.3 is 10.2 Å². The van der Waals surface area contributed by atoms with Crippen molar-refractivity contribution in [3.63, 3.8) is 0 Å². The molecule has 0 unspecified atom stereocenters. The lowest BCUT2D eigenvalue weighted by atomic mass is 10.0. The van der Waals surface area contributed by atoms with E-state index in [9.17, 15) is 9.59 Å². The van der Waals surface area contributed by atoms with Crippen LogP contribution >= 0.6 is 0 Å². The molecule has 1 atom stereocenters. The van der Waals surface area contributed by atoms with Gasteiger partial charge in [0.1, 0.15) is 0 Å². The van der Waals surface area contributed by atoms with E-state index in [0.717, 1.165) is 24.9 Å². The molecule has 1 aromatic carbocycles. The summed E-state index contributed by atoms with van der Waals surface area (Å²) in [5, 5.41) is 3.04. The van der Waals surface area contributed by atoms with Gasteiger partial charge in [0.2, 0.25) is 5.91 Å². The van der Waals surface area contributed by atoms with E-state index in [2.05, 4.69) is 10.3 Å². The van der Waals surface area contributed by atoms with E-state index in [1.165, 1.54) is 0 Å². The van der Waals surface area contributed by atoms with Crippen molar-refractivity contribution >= 4 is 11.8 Å². The maximum absolute atomic E-state index is 12.5. The molecule has 1 fully saturated rings. The molecule has 2 amide bonds. The van der Waals surface area contributed by atoms with E-state index in [1.54, 1.807) is 12.4 Å². The summed E-state index contributed by atoms with van der Waals surface area (Å²) in [6.45, 7) is 1.30. The number of pyridine rings is 1. The number of rotatable bonds is 4. The standard InChI is InChI=1S/C19H21N3O2/c23-18(12-15-6-4-10-20-13-15)21-17-9-5-11-22(14-17)19(24)16-7-2-1-3-8-16/h1-4,6-8,10,13,17H,5,9,11-12,14H2,(H,21,23)/t17-/m1/s1. The molecule has 0 spiro atoms. The molecule has 0 aliphatic carbocycles. The van der Waals surface area contributed by atoms with E-state index in [1.807, 2.05) is 47.4 Å². The molecule has 24 heavy (non-hydrogen) atoms. The van der Waals surface area contributed by atoms with E-state index in [0.29, 0.717) is 18.5 Å². The summed E-state index contributed by atoms with van der Waals surface area (Å²) in [5.74, 6) is 0.00354. The van der Waals surface area contributed by atoms with Crippen LogP contribution in [0.25, 0.3) is 0 Å². The van der Waals surface area contributed by atoms with Gasteiger partial charge in [-0.25, -0.2) is 0 Å². The summed E-state index contributed by atoms with van der Waals surface area (Å²) < 4.78 is 0. The molecule has 0 radical (unpaired) electrons. The first-order valence-electron chi connectivity index (χ1n) is 8.25. The molecule has 1 N–H and O–H groups in total. The fraction of sp³-hybridized carbons (Fsp3) is 0.316. The highest BCUT2D eigenvalue weighted by Gasteiger charge is 2.25. The molecule has 3 rings (SSSR count). The van der Waals surface area contributed by atoms with Crippen molar-refractivity contribution in [1.29, 1.82) is 0 Å². The molecule has 0 bridgehead atoms. The molecule has 0 saturated carbocycles. The van der Waals surface area contributed by atoms with Crippen LogP contribution in [-0.4, -0.2) is 40.8 Å². The molecule has 5 heteroatoms. The van der Waals surface area contributed by atoms with Gasteiger partial charge in [-0.1, -0.05) is 24.3 Å². The first kappa shape index (κ1) is 16.2. The van der Waals surface area contributed by atoms with Crippen LogP contribution in [0.3, 0.4) is 0 Å². The number of likely N-dealkylation sites (tertiary alicyclic amines) is 1. The summed E-state index contributed by atoms with van der Waals surface area (Å²) >= 11 is 0. The molecule has 1 saturated heterocycles. The molecule has 5 nitrogen and oxygen atoms in total. The quantitative estimate of drug-likeness (QED) is 0.936. The average molecular weight is 323 g/mol. The lowest BCUT2D eigenvalue weighted by Gasteiger charge is -2.33. The van der Waals surface area contributed by atoms with E-state index in [-0.39, 0.29) is 17.9 Å². The number of nitrogens with one attached hydrogen (secondary N) is 1. The Morgan fingerprint density at radius 1 is 1.17 bits per heavy atom. The number of carbonyl (C=O) groups is 2. The van der Waals surface area contributed by atoms with Gasteiger partial charge in [0.15, 0.2) is 0 Å². The summed E-state index contributed by atoms with van der Waals surface area (Å²) in [5.41, 5.74) is 1.59. The van der Waals surface area contributed by atoms with Gasteiger partial charge in [-0.3, -0.25) is 14.6 Å². The zero-order valence-electron chi connectivity index (χ0n) is 13.5. The molecule has 124 valence electrons. The van der Waals surface area contributed by atoms with Crippen LogP contribution in [0, 0.1) is 0 Å². The van der Waals surface area contributed by atoms with E-state index >= 15 is 0 Å². The first-order chi connectivity index (χ1) is 11.7. The average Bonchev–Trinajstić information content (AvgIpc) is 2.63. The number of aromatic nitrogens is 1. The molecule has 1 aromatic heterocycles. The Hall–Kier alpha value is -2.69. The SMILES string of the molecule is O=C(Cc1cccnc1)N[C@@H]1CCCN(C(=O)c2ccccc2)C1. The first-order valence-corrected chi connectivity index (χ1v) is 8.25. The molecule has 2 heterocycles. The second kappa shape index (κ2) is 7.73. The highest BCUT2D eigenvalue weighted by atomic mass is 16.2. The number of hydrogen-bond donors (Lipinski definition) is 1. The minimum atomic E-state index is -0.0259. The number of piperidine rings is 1. The summed E-state index contributed by atoms with van der Waals surface area (Å²) in [6.07, 6.45) is 5.51. The minimum absolute atomic E-state index is 0.00980. The van der Waals surface area contributed by atoms with Crippen molar-refractivity contribution in [3.8, 4) is 0 Å². The zero-order chi connectivity index (χ0) is 16.8. The number of carbonyl (C=O) groups excluding carboxylic acids is 2. The van der Waals surface area contributed by atoms with Crippen molar-refractivity contribution in [1.82, 2.24) is 15.2 Å². The zero-order valence-corrected chi connectivity index (χ0v) is 13.5. The molecule has 1 aliphatic heterocycles. The van der Waals surface area contributed by atoms with Crippen molar-refractivity contribution in [2.45, 2.75) is 25.3 Å². The second-order valence-corrected chi connectivity index (χ2v) is 6.06. The normalized spacial score (nSPS) is 17.3. The van der Waals surface area contributed by atoms with Gasteiger partial charge in [0, 0.05) is 37.1 Å². The van der Waals surface area contributed by atoms with Gasteiger partial charge in [0.05, 0.1) is 6.42 Å². The van der Waals surface area contributed by atoms with E-state index < -0.39 is 0 Å². The van der Waals surface area contributed by atoms with Gasteiger partial charge in [-0.05, 0) is 36.6 Å². The number of nitrogens with zero attached hydrogens (tertiary/aromatic N) is 2.